The van der Waals surface area contributed by atoms with Crippen molar-refractivity contribution in [3.63, 3.8) is 0 Å². The van der Waals surface area contributed by atoms with E-state index in [9.17, 15) is 0 Å². The Bertz CT molecular complexity index is 673. The summed E-state index contributed by atoms with van der Waals surface area (Å²) < 4.78 is 0. The Morgan fingerprint density at radius 1 is 0.920 bits per heavy atom. The molecule has 1 aliphatic carbocycles. The van der Waals surface area contributed by atoms with Crippen LogP contribution < -0.4 is 0 Å². The van der Waals surface area contributed by atoms with Crippen LogP contribution in [0.2, 0.25) is 10.2 Å². The monoisotopic (exact) mass is 375 g/mol. The Morgan fingerprint density at radius 3 is 2.16 bits per heavy atom. The molecule has 1 saturated carbocycles. The summed E-state index contributed by atoms with van der Waals surface area (Å²) in [6.07, 6.45) is 12.8. The molecule has 3 heteroatoms. The van der Waals surface area contributed by atoms with Crippen LogP contribution in [-0.4, -0.2) is 4.98 Å². The van der Waals surface area contributed by atoms with Crippen molar-refractivity contribution < 1.29 is 0 Å². The number of aromatic nitrogens is 1. The minimum atomic E-state index is 0.357. The Morgan fingerprint density at radius 2 is 1.56 bits per heavy atom. The first-order valence-corrected chi connectivity index (χ1v) is 10.3. The number of rotatable bonds is 6. The van der Waals surface area contributed by atoms with Gasteiger partial charge in [0.2, 0.25) is 0 Å². The van der Waals surface area contributed by atoms with Gasteiger partial charge in [-0.15, -0.1) is 0 Å². The molecule has 0 aliphatic heterocycles. The third kappa shape index (κ3) is 5.21. The number of benzene rings is 1. The van der Waals surface area contributed by atoms with E-state index < -0.39 is 0 Å². The van der Waals surface area contributed by atoms with Crippen molar-refractivity contribution in [3.8, 4) is 11.1 Å². The van der Waals surface area contributed by atoms with Gasteiger partial charge >= 0.3 is 0 Å². The summed E-state index contributed by atoms with van der Waals surface area (Å²) in [6, 6.07) is 10.7. The van der Waals surface area contributed by atoms with Crippen LogP contribution in [0.5, 0.6) is 0 Å². The summed E-state index contributed by atoms with van der Waals surface area (Å²) in [4.78, 5) is 4.13. The van der Waals surface area contributed by atoms with Crippen LogP contribution in [-0.2, 0) is 6.42 Å². The van der Waals surface area contributed by atoms with Crippen LogP contribution in [0.4, 0.5) is 0 Å². The number of aryl methyl sites for hydroxylation is 1. The first-order valence-electron chi connectivity index (χ1n) is 9.56. The lowest BCUT2D eigenvalue weighted by atomic mass is 9.78. The second-order valence-electron chi connectivity index (χ2n) is 7.41. The minimum absolute atomic E-state index is 0.357. The van der Waals surface area contributed by atoms with Gasteiger partial charge in [-0.25, -0.2) is 4.98 Å². The minimum Gasteiger partial charge on any atom is -0.242 e. The van der Waals surface area contributed by atoms with Gasteiger partial charge in [0.05, 0.1) is 5.02 Å². The fourth-order valence-corrected chi connectivity index (χ4v) is 4.30. The number of hydrogen-bond donors (Lipinski definition) is 0. The van der Waals surface area contributed by atoms with E-state index >= 15 is 0 Å². The van der Waals surface area contributed by atoms with E-state index in [1.165, 1.54) is 56.9 Å². The van der Waals surface area contributed by atoms with E-state index in [2.05, 4.69) is 36.2 Å². The van der Waals surface area contributed by atoms with Crippen LogP contribution in [0, 0.1) is 11.8 Å². The molecule has 1 aromatic heterocycles. The van der Waals surface area contributed by atoms with Gasteiger partial charge in [-0.05, 0) is 41.9 Å². The third-order valence-corrected chi connectivity index (χ3v) is 6.27. The summed E-state index contributed by atoms with van der Waals surface area (Å²) in [5.74, 6) is 1.92. The lowest BCUT2D eigenvalue weighted by Gasteiger charge is -2.28. The largest absolute Gasteiger partial charge is 0.242 e. The Balaban J connectivity index is 1.52. The van der Waals surface area contributed by atoms with Gasteiger partial charge in [-0.1, -0.05) is 92.9 Å². The molecule has 134 valence electrons. The van der Waals surface area contributed by atoms with Crippen molar-refractivity contribution in [1.29, 1.82) is 0 Å². The molecule has 0 saturated heterocycles. The highest BCUT2D eigenvalue weighted by atomic mass is 35.5. The summed E-state index contributed by atoms with van der Waals surface area (Å²) in [6.45, 7) is 2.31. The van der Waals surface area contributed by atoms with E-state index in [1.807, 2.05) is 6.07 Å². The van der Waals surface area contributed by atoms with Gasteiger partial charge in [0.1, 0.15) is 5.15 Å². The van der Waals surface area contributed by atoms with Crippen LogP contribution in [0.3, 0.4) is 0 Å². The van der Waals surface area contributed by atoms with Gasteiger partial charge in [-0.3, -0.25) is 0 Å². The highest BCUT2D eigenvalue weighted by molar-refractivity contribution is 6.41. The zero-order valence-electron chi connectivity index (χ0n) is 15.0. The molecule has 1 heterocycles. The molecule has 3 rings (SSSR count). The van der Waals surface area contributed by atoms with Crippen LogP contribution in [0.1, 0.15) is 57.4 Å². The molecule has 1 fully saturated rings. The van der Waals surface area contributed by atoms with Gasteiger partial charge in [0.25, 0.3) is 0 Å². The molecule has 0 atom stereocenters. The maximum absolute atomic E-state index is 6.07. The second-order valence-corrected chi connectivity index (χ2v) is 8.17. The zero-order valence-corrected chi connectivity index (χ0v) is 16.5. The van der Waals surface area contributed by atoms with Gasteiger partial charge in [0.15, 0.2) is 0 Å². The molecule has 0 N–H and O–H groups in total. The van der Waals surface area contributed by atoms with E-state index in [4.69, 9.17) is 23.2 Å². The maximum Gasteiger partial charge on any atom is 0.147 e. The molecule has 1 aliphatic rings. The van der Waals surface area contributed by atoms with Crippen molar-refractivity contribution in [2.45, 2.75) is 58.3 Å². The summed E-state index contributed by atoms with van der Waals surface area (Å²) in [5.41, 5.74) is 3.57. The maximum atomic E-state index is 6.07. The van der Waals surface area contributed by atoms with E-state index in [0.717, 1.165) is 23.0 Å². The molecule has 0 spiro atoms. The Kier molecular flexibility index (Phi) is 6.78. The quantitative estimate of drug-likeness (QED) is 0.473. The second kappa shape index (κ2) is 9.05. The zero-order chi connectivity index (χ0) is 17.6. The van der Waals surface area contributed by atoms with Crippen molar-refractivity contribution in [1.82, 2.24) is 4.98 Å². The molecule has 1 aromatic carbocycles. The SMILES string of the molecule is CCC[C@H]1CC[C@H](CCc2ccc(-c3cnc(Cl)c(Cl)c3)cc2)CC1. The van der Waals surface area contributed by atoms with Crippen LogP contribution in [0.25, 0.3) is 11.1 Å². The number of hydrogen-bond acceptors (Lipinski definition) is 1. The van der Waals surface area contributed by atoms with E-state index in [1.54, 1.807) is 6.20 Å². The predicted octanol–water partition coefficient (Wildman–Crippen LogP) is 7.59. The molecule has 0 unspecified atom stereocenters. The molecule has 0 bridgehead atoms. The fraction of sp³-hybridized carbons (Fsp3) is 0.500. The molecule has 2 aromatic rings. The third-order valence-electron chi connectivity index (χ3n) is 5.59. The number of pyridine rings is 1. The van der Waals surface area contributed by atoms with Gasteiger partial charge < -0.3 is 0 Å². The molecule has 1 nitrogen and oxygen atoms in total. The van der Waals surface area contributed by atoms with Crippen molar-refractivity contribution in [2.24, 2.45) is 11.8 Å². The standard InChI is InChI=1S/C22H27Cl2N/c1-2-3-16-4-6-17(7-5-16)8-9-18-10-12-19(13-11-18)20-14-21(23)22(24)25-15-20/h10-17H,2-9H2,1H3/t16-,17-. The van der Waals surface area contributed by atoms with Crippen molar-refractivity contribution in [2.75, 3.05) is 0 Å². The van der Waals surface area contributed by atoms with E-state index in [0.29, 0.717) is 10.2 Å². The highest BCUT2D eigenvalue weighted by Gasteiger charge is 2.20. The van der Waals surface area contributed by atoms with Crippen molar-refractivity contribution in [3.05, 3.63) is 52.3 Å². The van der Waals surface area contributed by atoms with Crippen LogP contribution in [0.15, 0.2) is 36.5 Å². The topological polar surface area (TPSA) is 12.9 Å². The molecular formula is C22H27Cl2N. The first kappa shape index (κ1) is 18.7. The molecular weight excluding hydrogens is 349 g/mol. The van der Waals surface area contributed by atoms with Crippen LogP contribution >= 0.6 is 23.2 Å². The van der Waals surface area contributed by atoms with E-state index in [-0.39, 0.29) is 0 Å². The molecule has 25 heavy (non-hydrogen) atoms. The summed E-state index contributed by atoms with van der Waals surface area (Å²) in [7, 11) is 0. The number of nitrogens with zero attached hydrogens (tertiary/aromatic N) is 1. The Labute approximate surface area is 161 Å². The first-order chi connectivity index (χ1) is 12.2. The summed E-state index contributed by atoms with van der Waals surface area (Å²) in [5, 5.41) is 0.859. The average Bonchev–Trinajstić information content (AvgIpc) is 2.64. The summed E-state index contributed by atoms with van der Waals surface area (Å²) >= 11 is 12.0. The predicted molar refractivity (Wildman–Crippen MR) is 108 cm³/mol. The highest BCUT2D eigenvalue weighted by Crippen LogP contribution is 2.34. The van der Waals surface area contributed by atoms with Crippen molar-refractivity contribution >= 4 is 23.2 Å². The Hall–Kier alpha value is -1.05. The lowest BCUT2D eigenvalue weighted by molar-refractivity contribution is 0.252. The van der Waals surface area contributed by atoms with Gasteiger partial charge in [-0.2, -0.15) is 0 Å². The fourth-order valence-electron chi connectivity index (χ4n) is 4.03. The molecule has 0 radical (unpaired) electrons. The molecule has 0 amide bonds. The van der Waals surface area contributed by atoms with Gasteiger partial charge in [0, 0.05) is 11.8 Å². The number of halogens is 2. The normalized spacial score (nSPS) is 20.6. The average molecular weight is 376 g/mol. The lowest BCUT2D eigenvalue weighted by Crippen LogP contribution is -2.15. The smallest absolute Gasteiger partial charge is 0.147 e.